The fourth-order valence-electron chi connectivity index (χ4n) is 2.67. The number of ether oxygens (including phenoxy) is 2. The van der Waals surface area contributed by atoms with Crippen molar-refractivity contribution >= 4 is 17.5 Å². The van der Waals surface area contributed by atoms with Crippen LogP contribution >= 0.6 is 0 Å². The van der Waals surface area contributed by atoms with Crippen LogP contribution in [-0.4, -0.2) is 31.7 Å². The fraction of sp³-hybridized carbons (Fsp3) is 0.333. The SMILES string of the molecule is CCOc1ccc(CCC(=O)Nc2cccc(CNC(=O)C(F)(F)F)c2)cc1OC. The van der Waals surface area contributed by atoms with Gasteiger partial charge in [-0.15, -0.1) is 0 Å². The standard InChI is InChI=1S/C21H23F3N2O4/c1-3-30-17-9-7-14(12-18(17)29-2)8-10-19(27)26-16-6-4-5-15(11-16)13-25-20(28)21(22,23)24/h4-7,9,11-12H,3,8,10,13H2,1-2H3,(H,25,28)(H,26,27). The van der Waals surface area contributed by atoms with E-state index >= 15 is 0 Å². The number of carbonyl (C=O) groups is 2. The normalized spacial score (nSPS) is 11.0. The molecular formula is C21H23F3N2O4. The minimum atomic E-state index is -4.94. The minimum Gasteiger partial charge on any atom is -0.493 e. The van der Waals surface area contributed by atoms with Crippen LogP contribution in [0.2, 0.25) is 0 Å². The molecule has 2 amide bonds. The Morgan fingerprint density at radius 1 is 1.03 bits per heavy atom. The third kappa shape index (κ3) is 6.98. The van der Waals surface area contributed by atoms with E-state index in [9.17, 15) is 22.8 Å². The molecule has 2 N–H and O–H groups in total. The van der Waals surface area contributed by atoms with E-state index in [0.717, 1.165) is 5.56 Å². The van der Waals surface area contributed by atoms with Crippen LogP contribution in [0.5, 0.6) is 11.5 Å². The van der Waals surface area contributed by atoms with Gasteiger partial charge in [-0.1, -0.05) is 18.2 Å². The average Bonchev–Trinajstić information content (AvgIpc) is 2.71. The summed E-state index contributed by atoms with van der Waals surface area (Å²) in [4.78, 5) is 23.1. The smallest absolute Gasteiger partial charge is 0.471 e. The Labute approximate surface area is 172 Å². The molecular weight excluding hydrogens is 401 g/mol. The number of amides is 2. The number of hydrogen-bond acceptors (Lipinski definition) is 4. The Balaban J connectivity index is 1.90. The third-order valence-electron chi connectivity index (χ3n) is 4.09. The largest absolute Gasteiger partial charge is 0.493 e. The third-order valence-corrected chi connectivity index (χ3v) is 4.09. The highest BCUT2D eigenvalue weighted by atomic mass is 19.4. The molecule has 2 rings (SSSR count). The van der Waals surface area contributed by atoms with Crippen LogP contribution in [-0.2, 0) is 22.6 Å². The van der Waals surface area contributed by atoms with Crippen molar-refractivity contribution in [2.75, 3.05) is 19.0 Å². The van der Waals surface area contributed by atoms with Gasteiger partial charge in [0.25, 0.3) is 0 Å². The summed E-state index contributed by atoms with van der Waals surface area (Å²) >= 11 is 0. The Kier molecular flexibility index (Phi) is 8.08. The van der Waals surface area contributed by atoms with Gasteiger partial charge in [0.05, 0.1) is 13.7 Å². The molecule has 0 aliphatic rings. The lowest BCUT2D eigenvalue weighted by atomic mass is 10.1. The Morgan fingerprint density at radius 2 is 1.80 bits per heavy atom. The molecule has 0 unspecified atom stereocenters. The van der Waals surface area contributed by atoms with E-state index in [1.165, 1.54) is 6.07 Å². The van der Waals surface area contributed by atoms with Crippen LogP contribution in [0.1, 0.15) is 24.5 Å². The maximum atomic E-state index is 12.3. The van der Waals surface area contributed by atoms with Crippen LogP contribution in [0.4, 0.5) is 18.9 Å². The van der Waals surface area contributed by atoms with Gasteiger partial charge in [-0.3, -0.25) is 9.59 Å². The van der Waals surface area contributed by atoms with Gasteiger partial charge < -0.3 is 20.1 Å². The zero-order valence-corrected chi connectivity index (χ0v) is 16.6. The lowest BCUT2D eigenvalue weighted by Gasteiger charge is -2.11. The summed E-state index contributed by atoms with van der Waals surface area (Å²) in [5, 5.41) is 4.49. The van der Waals surface area contributed by atoms with Crippen molar-refractivity contribution in [1.29, 1.82) is 0 Å². The average molecular weight is 424 g/mol. The van der Waals surface area contributed by atoms with Gasteiger partial charge in [0.15, 0.2) is 11.5 Å². The number of hydrogen-bond donors (Lipinski definition) is 2. The molecule has 0 saturated carbocycles. The first kappa shape index (κ1) is 23.1. The first-order valence-corrected chi connectivity index (χ1v) is 9.26. The lowest BCUT2D eigenvalue weighted by molar-refractivity contribution is -0.173. The number of methoxy groups -OCH3 is 1. The zero-order chi connectivity index (χ0) is 22.1. The van der Waals surface area contributed by atoms with Crippen molar-refractivity contribution in [3.05, 3.63) is 53.6 Å². The van der Waals surface area contributed by atoms with E-state index < -0.39 is 12.1 Å². The van der Waals surface area contributed by atoms with Gasteiger partial charge in [-0.05, 0) is 48.7 Å². The maximum Gasteiger partial charge on any atom is 0.471 e. The summed E-state index contributed by atoms with van der Waals surface area (Å²) in [6, 6.07) is 11.7. The van der Waals surface area contributed by atoms with Crippen LogP contribution in [0, 0.1) is 0 Å². The number of alkyl halides is 3. The number of aryl methyl sites for hydroxylation is 1. The second kappa shape index (κ2) is 10.5. The van der Waals surface area contributed by atoms with Crippen LogP contribution in [0.25, 0.3) is 0 Å². The van der Waals surface area contributed by atoms with Gasteiger partial charge in [0.2, 0.25) is 5.91 Å². The Hall–Kier alpha value is -3.23. The predicted molar refractivity (Wildman–Crippen MR) is 105 cm³/mol. The second-order valence-electron chi connectivity index (χ2n) is 6.35. The molecule has 0 fully saturated rings. The van der Waals surface area contributed by atoms with Gasteiger partial charge in [-0.2, -0.15) is 13.2 Å². The van der Waals surface area contributed by atoms with Gasteiger partial charge >= 0.3 is 12.1 Å². The number of carbonyl (C=O) groups excluding carboxylic acids is 2. The van der Waals surface area contributed by atoms with Gasteiger partial charge in [-0.25, -0.2) is 0 Å². The molecule has 9 heteroatoms. The first-order valence-electron chi connectivity index (χ1n) is 9.26. The molecule has 0 saturated heterocycles. The van der Waals surface area contributed by atoms with E-state index in [-0.39, 0.29) is 18.9 Å². The topological polar surface area (TPSA) is 76.7 Å². The summed E-state index contributed by atoms with van der Waals surface area (Å²) < 4.78 is 47.5. The molecule has 2 aromatic rings. The molecule has 2 aromatic carbocycles. The van der Waals surface area contributed by atoms with Crippen molar-refractivity contribution in [2.45, 2.75) is 32.5 Å². The predicted octanol–water partition coefficient (Wildman–Crippen LogP) is 3.84. The fourth-order valence-corrected chi connectivity index (χ4v) is 2.67. The lowest BCUT2D eigenvalue weighted by Crippen LogP contribution is -2.36. The summed E-state index contributed by atoms with van der Waals surface area (Å²) in [6.07, 6.45) is -4.27. The highest BCUT2D eigenvalue weighted by Gasteiger charge is 2.38. The molecule has 0 aliphatic heterocycles. The molecule has 0 atom stereocenters. The maximum absolute atomic E-state index is 12.3. The molecule has 162 valence electrons. The van der Waals surface area contributed by atoms with E-state index in [0.29, 0.717) is 35.8 Å². The number of anilines is 1. The van der Waals surface area contributed by atoms with Crippen molar-refractivity contribution in [1.82, 2.24) is 5.32 Å². The molecule has 6 nitrogen and oxygen atoms in total. The van der Waals surface area contributed by atoms with Crippen molar-refractivity contribution in [3.8, 4) is 11.5 Å². The Morgan fingerprint density at radius 3 is 2.47 bits per heavy atom. The number of rotatable bonds is 9. The molecule has 0 spiro atoms. The molecule has 0 bridgehead atoms. The van der Waals surface area contributed by atoms with Gasteiger partial charge in [0.1, 0.15) is 0 Å². The van der Waals surface area contributed by atoms with E-state index in [1.807, 2.05) is 19.1 Å². The monoisotopic (exact) mass is 424 g/mol. The number of nitrogens with one attached hydrogen (secondary N) is 2. The molecule has 30 heavy (non-hydrogen) atoms. The molecule has 0 heterocycles. The first-order chi connectivity index (χ1) is 14.2. The van der Waals surface area contributed by atoms with Gasteiger partial charge in [0, 0.05) is 18.7 Å². The van der Waals surface area contributed by atoms with Crippen molar-refractivity contribution < 1.29 is 32.2 Å². The number of benzene rings is 2. The van der Waals surface area contributed by atoms with Crippen LogP contribution in [0.3, 0.4) is 0 Å². The highest BCUT2D eigenvalue weighted by molar-refractivity contribution is 5.91. The summed E-state index contributed by atoms with van der Waals surface area (Å²) in [5.74, 6) is -1.05. The highest BCUT2D eigenvalue weighted by Crippen LogP contribution is 2.28. The minimum absolute atomic E-state index is 0.201. The molecule has 0 aromatic heterocycles. The van der Waals surface area contributed by atoms with E-state index in [1.54, 1.807) is 36.7 Å². The summed E-state index contributed by atoms with van der Waals surface area (Å²) in [7, 11) is 1.54. The van der Waals surface area contributed by atoms with E-state index in [4.69, 9.17) is 9.47 Å². The van der Waals surface area contributed by atoms with Crippen LogP contribution < -0.4 is 20.1 Å². The number of halogens is 3. The van der Waals surface area contributed by atoms with Crippen LogP contribution in [0.15, 0.2) is 42.5 Å². The molecule has 0 aliphatic carbocycles. The van der Waals surface area contributed by atoms with Crippen molar-refractivity contribution in [3.63, 3.8) is 0 Å². The quantitative estimate of drug-likeness (QED) is 0.641. The summed E-state index contributed by atoms with van der Waals surface area (Å²) in [6.45, 7) is 2.09. The molecule has 0 radical (unpaired) electrons. The summed E-state index contributed by atoms with van der Waals surface area (Å²) in [5.41, 5.74) is 1.76. The Bertz CT molecular complexity index is 885. The zero-order valence-electron chi connectivity index (χ0n) is 16.6. The van der Waals surface area contributed by atoms with Crippen molar-refractivity contribution in [2.24, 2.45) is 0 Å². The van der Waals surface area contributed by atoms with E-state index in [2.05, 4.69) is 5.32 Å². The second-order valence-corrected chi connectivity index (χ2v) is 6.35.